The zero-order valence-corrected chi connectivity index (χ0v) is 12.0. The van der Waals surface area contributed by atoms with Crippen molar-refractivity contribution in [3.05, 3.63) is 29.6 Å². The van der Waals surface area contributed by atoms with Gasteiger partial charge in [0.25, 0.3) is 0 Å². The molecule has 2 N–H and O–H groups in total. The fourth-order valence-electron chi connectivity index (χ4n) is 1.87. The van der Waals surface area contributed by atoms with Crippen LogP contribution in [0, 0.1) is 17.1 Å². The summed E-state index contributed by atoms with van der Waals surface area (Å²) in [6, 6.07) is 5.54. The second kappa shape index (κ2) is 7.49. The van der Waals surface area contributed by atoms with E-state index in [1.165, 1.54) is 12.1 Å². The van der Waals surface area contributed by atoms with E-state index in [0.29, 0.717) is 0 Å². The van der Waals surface area contributed by atoms with Gasteiger partial charge in [-0.2, -0.15) is 5.26 Å². The van der Waals surface area contributed by atoms with Gasteiger partial charge in [0.15, 0.2) is 0 Å². The number of hydrogen-bond acceptors (Lipinski definition) is 3. The van der Waals surface area contributed by atoms with Gasteiger partial charge in [0.05, 0.1) is 17.3 Å². The normalized spacial score (nSPS) is 13.2. The van der Waals surface area contributed by atoms with Gasteiger partial charge in [-0.25, -0.2) is 4.39 Å². The Hall–Kier alpha value is -2.09. The molecule has 5 heteroatoms. The Morgan fingerprint density at radius 1 is 1.45 bits per heavy atom. The van der Waals surface area contributed by atoms with Gasteiger partial charge >= 0.3 is 0 Å². The SMILES string of the molecule is CCCC(C)NC(=O)C(C)Nc1ccc(C#N)cc1F. The van der Waals surface area contributed by atoms with Crippen LogP contribution < -0.4 is 10.6 Å². The lowest BCUT2D eigenvalue weighted by molar-refractivity contribution is -0.122. The van der Waals surface area contributed by atoms with Crippen molar-refractivity contribution < 1.29 is 9.18 Å². The minimum Gasteiger partial charge on any atom is -0.372 e. The maximum absolute atomic E-state index is 13.7. The summed E-state index contributed by atoms with van der Waals surface area (Å²) in [6.45, 7) is 5.67. The van der Waals surface area contributed by atoms with Crippen LogP contribution in [-0.4, -0.2) is 18.0 Å². The van der Waals surface area contributed by atoms with Gasteiger partial charge in [0.2, 0.25) is 5.91 Å². The van der Waals surface area contributed by atoms with Gasteiger partial charge < -0.3 is 10.6 Å². The van der Waals surface area contributed by atoms with Crippen LogP contribution in [0.5, 0.6) is 0 Å². The quantitative estimate of drug-likeness (QED) is 0.840. The van der Waals surface area contributed by atoms with Crippen molar-refractivity contribution in [1.82, 2.24) is 5.32 Å². The highest BCUT2D eigenvalue weighted by atomic mass is 19.1. The number of benzene rings is 1. The highest BCUT2D eigenvalue weighted by Crippen LogP contribution is 2.16. The van der Waals surface area contributed by atoms with Gasteiger partial charge in [-0.3, -0.25) is 4.79 Å². The number of hydrogen-bond donors (Lipinski definition) is 2. The Kier molecular flexibility index (Phi) is 5.98. The summed E-state index contributed by atoms with van der Waals surface area (Å²) < 4.78 is 13.7. The molecular weight excluding hydrogens is 257 g/mol. The van der Waals surface area contributed by atoms with E-state index in [1.807, 2.05) is 13.0 Å². The molecule has 0 fully saturated rings. The number of halogens is 1. The molecule has 2 unspecified atom stereocenters. The minimum atomic E-state index is -0.545. The third-order valence-electron chi connectivity index (χ3n) is 2.97. The molecule has 2 atom stereocenters. The van der Waals surface area contributed by atoms with Crippen LogP contribution in [0.15, 0.2) is 18.2 Å². The van der Waals surface area contributed by atoms with E-state index in [4.69, 9.17) is 5.26 Å². The molecule has 0 heterocycles. The second-order valence-corrected chi connectivity index (χ2v) is 4.87. The van der Waals surface area contributed by atoms with Gasteiger partial charge in [-0.15, -0.1) is 0 Å². The number of carbonyl (C=O) groups is 1. The first-order valence-electron chi connectivity index (χ1n) is 6.74. The summed E-state index contributed by atoms with van der Waals surface area (Å²) in [5.41, 5.74) is 0.469. The van der Waals surface area contributed by atoms with Crippen molar-refractivity contribution in [2.45, 2.75) is 45.7 Å². The molecule has 0 bridgehead atoms. The maximum atomic E-state index is 13.7. The van der Waals surface area contributed by atoms with E-state index in [1.54, 1.807) is 6.92 Å². The highest BCUT2D eigenvalue weighted by Gasteiger charge is 2.16. The molecule has 1 aromatic rings. The zero-order chi connectivity index (χ0) is 15.1. The molecule has 20 heavy (non-hydrogen) atoms. The molecule has 4 nitrogen and oxygen atoms in total. The van der Waals surface area contributed by atoms with Crippen molar-refractivity contribution in [3.63, 3.8) is 0 Å². The van der Waals surface area contributed by atoms with Gasteiger partial charge in [-0.1, -0.05) is 13.3 Å². The third kappa shape index (κ3) is 4.54. The summed E-state index contributed by atoms with van der Waals surface area (Å²) in [6.07, 6.45) is 1.90. The summed E-state index contributed by atoms with van der Waals surface area (Å²) in [5.74, 6) is -0.708. The average Bonchev–Trinajstić information content (AvgIpc) is 2.41. The van der Waals surface area contributed by atoms with E-state index in [2.05, 4.69) is 17.6 Å². The molecule has 108 valence electrons. The lowest BCUT2D eigenvalue weighted by Gasteiger charge is -2.19. The number of carbonyl (C=O) groups excluding carboxylic acids is 1. The standard InChI is InChI=1S/C15H20FN3O/c1-4-5-10(2)18-15(20)11(3)19-14-7-6-12(9-17)8-13(14)16/h6-8,10-11,19H,4-5H2,1-3H3,(H,18,20). The minimum absolute atomic E-state index is 0.0996. The number of rotatable bonds is 6. The number of nitrogens with one attached hydrogen (secondary N) is 2. The van der Waals surface area contributed by atoms with Crippen molar-refractivity contribution in [3.8, 4) is 6.07 Å². The van der Waals surface area contributed by atoms with Crippen molar-refractivity contribution in [2.24, 2.45) is 0 Å². The molecule has 1 amide bonds. The van der Waals surface area contributed by atoms with Crippen LogP contribution in [-0.2, 0) is 4.79 Å². The Morgan fingerprint density at radius 2 is 2.15 bits per heavy atom. The average molecular weight is 277 g/mol. The van der Waals surface area contributed by atoms with Crippen LogP contribution in [0.2, 0.25) is 0 Å². The summed E-state index contributed by atoms with van der Waals surface area (Å²) >= 11 is 0. The molecule has 0 aliphatic rings. The summed E-state index contributed by atoms with van der Waals surface area (Å²) in [4.78, 5) is 11.9. The lowest BCUT2D eigenvalue weighted by atomic mass is 10.1. The topological polar surface area (TPSA) is 64.9 Å². The maximum Gasteiger partial charge on any atom is 0.242 e. The van der Waals surface area contributed by atoms with E-state index in [9.17, 15) is 9.18 Å². The first kappa shape index (κ1) is 16.0. The largest absolute Gasteiger partial charge is 0.372 e. The van der Waals surface area contributed by atoms with E-state index >= 15 is 0 Å². The summed E-state index contributed by atoms with van der Waals surface area (Å²) in [7, 11) is 0. The molecule has 1 aromatic carbocycles. The van der Waals surface area contributed by atoms with Crippen LogP contribution in [0.25, 0.3) is 0 Å². The molecule has 0 saturated carbocycles. The zero-order valence-electron chi connectivity index (χ0n) is 12.0. The molecule has 0 spiro atoms. The first-order valence-corrected chi connectivity index (χ1v) is 6.74. The van der Waals surface area contributed by atoms with Gasteiger partial charge in [0.1, 0.15) is 11.9 Å². The van der Waals surface area contributed by atoms with E-state index in [-0.39, 0.29) is 23.2 Å². The number of amides is 1. The molecule has 0 aliphatic carbocycles. The third-order valence-corrected chi connectivity index (χ3v) is 2.97. The van der Waals surface area contributed by atoms with Crippen molar-refractivity contribution in [1.29, 1.82) is 5.26 Å². The lowest BCUT2D eigenvalue weighted by Crippen LogP contribution is -2.42. The predicted molar refractivity (Wildman–Crippen MR) is 76.7 cm³/mol. The molecule has 0 saturated heterocycles. The molecular formula is C15H20FN3O. The fraction of sp³-hybridized carbons (Fsp3) is 0.467. The predicted octanol–water partition coefficient (Wildman–Crippen LogP) is 2.80. The monoisotopic (exact) mass is 277 g/mol. The highest BCUT2D eigenvalue weighted by molar-refractivity contribution is 5.84. The van der Waals surface area contributed by atoms with E-state index < -0.39 is 11.9 Å². The van der Waals surface area contributed by atoms with Gasteiger partial charge in [0, 0.05) is 6.04 Å². The van der Waals surface area contributed by atoms with Crippen molar-refractivity contribution >= 4 is 11.6 Å². The fourth-order valence-corrected chi connectivity index (χ4v) is 1.87. The first-order chi connectivity index (χ1) is 9.47. The Bertz CT molecular complexity index is 510. The van der Waals surface area contributed by atoms with Crippen LogP contribution in [0.3, 0.4) is 0 Å². The number of nitriles is 1. The van der Waals surface area contributed by atoms with Crippen molar-refractivity contribution in [2.75, 3.05) is 5.32 Å². The van der Waals surface area contributed by atoms with Crippen LogP contribution >= 0.6 is 0 Å². The number of anilines is 1. The molecule has 1 rings (SSSR count). The Morgan fingerprint density at radius 3 is 2.70 bits per heavy atom. The van der Waals surface area contributed by atoms with Crippen LogP contribution in [0.4, 0.5) is 10.1 Å². The Labute approximate surface area is 119 Å². The Balaban J connectivity index is 2.64. The second-order valence-electron chi connectivity index (χ2n) is 4.87. The molecule has 0 radical (unpaired) electrons. The summed E-state index contributed by atoms with van der Waals surface area (Å²) in [5, 5.41) is 14.4. The van der Waals surface area contributed by atoms with E-state index in [0.717, 1.165) is 18.9 Å². The number of nitrogens with zero attached hydrogens (tertiary/aromatic N) is 1. The molecule has 0 aromatic heterocycles. The van der Waals surface area contributed by atoms with Gasteiger partial charge in [-0.05, 0) is 38.5 Å². The van der Waals surface area contributed by atoms with Crippen LogP contribution in [0.1, 0.15) is 39.2 Å². The smallest absolute Gasteiger partial charge is 0.242 e. The molecule has 0 aliphatic heterocycles.